The molecule has 0 saturated carbocycles. The van der Waals surface area contributed by atoms with Crippen molar-refractivity contribution in [3.63, 3.8) is 0 Å². The van der Waals surface area contributed by atoms with E-state index in [-0.39, 0.29) is 29.3 Å². The highest BCUT2D eigenvalue weighted by molar-refractivity contribution is 5.94. The van der Waals surface area contributed by atoms with Gasteiger partial charge in [-0.1, -0.05) is 12.1 Å². The van der Waals surface area contributed by atoms with E-state index < -0.39 is 11.9 Å². The lowest BCUT2D eigenvalue weighted by atomic mass is 9.91. The molecule has 3 rings (SSSR count). The first kappa shape index (κ1) is 18.8. The summed E-state index contributed by atoms with van der Waals surface area (Å²) in [7, 11) is 0. The van der Waals surface area contributed by atoms with E-state index in [9.17, 15) is 14.0 Å². The van der Waals surface area contributed by atoms with Crippen LogP contribution < -0.4 is 11.1 Å². The predicted molar refractivity (Wildman–Crippen MR) is 95.0 cm³/mol. The van der Waals surface area contributed by atoms with Gasteiger partial charge in [0.05, 0.1) is 11.6 Å². The van der Waals surface area contributed by atoms with Gasteiger partial charge in [0.1, 0.15) is 5.82 Å². The van der Waals surface area contributed by atoms with Crippen LogP contribution in [-0.4, -0.2) is 55.1 Å². The number of benzene rings is 1. The van der Waals surface area contributed by atoms with Crippen molar-refractivity contribution in [2.75, 3.05) is 26.3 Å². The Labute approximate surface area is 152 Å². The first-order valence-corrected chi connectivity index (χ1v) is 9.24. The molecular formula is C19H26FN3O3. The number of amides is 2. The number of nitrogens with one attached hydrogen (secondary N) is 1. The highest BCUT2D eigenvalue weighted by Crippen LogP contribution is 2.19. The van der Waals surface area contributed by atoms with Gasteiger partial charge in [0, 0.05) is 32.3 Å². The van der Waals surface area contributed by atoms with Crippen molar-refractivity contribution in [1.29, 1.82) is 0 Å². The molecule has 2 amide bonds. The van der Waals surface area contributed by atoms with Crippen LogP contribution in [0.3, 0.4) is 0 Å². The first-order valence-electron chi connectivity index (χ1n) is 9.24. The van der Waals surface area contributed by atoms with E-state index >= 15 is 0 Å². The summed E-state index contributed by atoms with van der Waals surface area (Å²) in [4.78, 5) is 26.5. The molecular weight excluding hydrogens is 337 g/mol. The Kier molecular flexibility index (Phi) is 6.21. The van der Waals surface area contributed by atoms with Gasteiger partial charge in [0.15, 0.2) is 0 Å². The Hall–Kier alpha value is -1.99. The molecule has 1 unspecified atom stereocenters. The van der Waals surface area contributed by atoms with E-state index in [0.29, 0.717) is 39.1 Å². The molecule has 6 nitrogen and oxygen atoms in total. The summed E-state index contributed by atoms with van der Waals surface area (Å²) in [6.07, 6.45) is 2.91. The molecule has 1 aromatic rings. The van der Waals surface area contributed by atoms with Crippen molar-refractivity contribution >= 4 is 11.8 Å². The topological polar surface area (TPSA) is 84.7 Å². The zero-order chi connectivity index (χ0) is 18.5. The fraction of sp³-hybridized carbons (Fsp3) is 0.579. The van der Waals surface area contributed by atoms with Crippen LogP contribution in [0.15, 0.2) is 24.3 Å². The third kappa shape index (κ3) is 4.40. The van der Waals surface area contributed by atoms with Crippen molar-refractivity contribution < 1.29 is 18.7 Å². The molecule has 0 radical (unpaired) electrons. The molecule has 2 aliphatic rings. The van der Waals surface area contributed by atoms with Crippen LogP contribution in [0.5, 0.6) is 0 Å². The van der Waals surface area contributed by atoms with Gasteiger partial charge in [-0.05, 0) is 43.7 Å². The second-order valence-electron chi connectivity index (χ2n) is 7.03. The lowest BCUT2D eigenvalue weighted by Crippen LogP contribution is -2.53. The van der Waals surface area contributed by atoms with Crippen LogP contribution in [0.4, 0.5) is 4.39 Å². The fourth-order valence-electron chi connectivity index (χ4n) is 3.62. The van der Waals surface area contributed by atoms with Crippen molar-refractivity contribution in [2.45, 2.75) is 37.8 Å². The molecule has 0 spiro atoms. The quantitative estimate of drug-likeness (QED) is 0.845. The van der Waals surface area contributed by atoms with Crippen LogP contribution in [0.25, 0.3) is 0 Å². The molecule has 142 valence electrons. The Bertz CT molecular complexity index is 641. The SMILES string of the molecule is NC(C(=O)NC1CCN(C(=O)c2ccccc2F)CC1)C1CCOCC1. The van der Waals surface area contributed by atoms with Crippen molar-refractivity contribution in [3.8, 4) is 0 Å². The largest absolute Gasteiger partial charge is 0.381 e. The van der Waals surface area contributed by atoms with Gasteiger partial charge in [-0.2, -0.15) is 0 Å². The normalized spacial score (nSPS) is 20.6. The molecule has 26 heavy (non-hydrogen) atoms. The maximum atomic E-state index is 13.8. The molecule has 1 aromatic carbocycles. The fourth-order valence-corrected chi connectivity index (χ4v) is 3.62. The number of hydrogen-bond acceptors (Lipinski definition) is 4. The third-order valence-corrected chi connectivity index (χ3v) is 5.31. The van der Waals surface area contributed by atoms with Crippen molar-refractivity contribution in [2.24, 2.45) is 11.7 Å². The molecule has 0 aliphatic carbocycles. The average Bonchev–Trinajstić information content (AvgIpc) is 2.68. The Morgan fingerprint density at radius 3 is 2.46 bits per heavy atom. The van der Waals surface area contributed by atoms with E-state index in [1.54, 1.807) is 17.0 Å². The van der Waals surface area contributed by atoms with Crippen LogP contribution in [0.1, 0.15) is 36.0 Å². The predicted octanol–water partition coefficient (Wildman–Crippen LogP) is 1.30. The van der Waals surface area contributed by atoms with Crippen molar-refractivity contribution in [1.82, 2.24) is 10.2 Å². The van der Waals surface area contributed by atoms with E-state index in [1.165, 1.54) is 12.1 Å². The summed E-state index contributed by atoms with van der Waals surface area (Å²) >= 11 is 0. The molecule has 3 N–H and O–H groups in total. The van der Waals surface area contributed by atoms with Gasteiger partial charge in [-0.15, -0.1) is 0 Å². The number of halogens is 1. The lowest BCUT2D eigenvalue weighted by molar-refractivity contribution is -0.125. The second kappa shape index (κ2) is 8.60. The summed E-state index contributed by atoms with van der Waals surface area (Å²) in [6.45, 7) is 2.29. The summed E-state index contributed by atoms with van der Waals surface area (Å²) in [5, 5.41) is 3.01. The number of nitrogens with zero attached hydrogens (tertiary/aromatic N) is 1. The number of rotatable bonds is 4. The number of ether oxygens (including phenoxy) is 1. The molecule has 1 atom stereocenters. The summed E-state index contributed by atoms with van der Waals surface area (Å²) in [5.41, 5.74) is 6.20. The van der Waals surface area contributed by atoms with Crippen LogP contribution in [-0.2, 0) is 9.53 Å². The second-order valence-corrected chi connectivity index (χ2v) is 7.03. The Morgan fingerprint density at radius 2 is 1.81 bits per heavy atom. The molecule has 2 fully saturated rings. The first-order chi connectivity index (χ1) is 12.6. The minimum absolute atomic E-state index is 0.00180. The highest BCUT2D eigenvalue weighted by atomic mass is 19.1. The number of carbonyl (C=O) groups is 2. The van der Waals surface area contributed by atoms with Crippen LogP contribution in [0.2, 0.25) is 0 Å². The zero-order valence-corrected chi connectivity index (χ0v) is 14.8. The zero-order valence-electron chi connectivity index (χ0n) is 14.8. The van der Waals surface area contributed by atoms with Crippen LogP contribution >= 0.6 is 0 Å². The maximum Gasteiger partial charge on any atom is 0.256 e. The number of hydrogen-bond donors (Lipinski definition) is 2. The monoisotopic (exact) mass is 363 g/mol. The number of carbonyl (C=O) groups excluding carboxylic acids is 2. The van der Waals surface area contributed by atoms with Gasteiger partial charge in [-0.3, -0.25) is 9.59 Å². The minimum Gasteiger partial charge on any atom is -0.381 e. The van der Waals surface area contributed by atoms with E-state index in [0.717, 1.165) is 12.8 Å². The van der Waals surface area contributed by atoms with E-state index in [2.05, 4.69) is 5.32 Å². The number of piperidine rings is 1. The average molecular weight is 363 g/mol. The summed E-state index contributed by atoms with van der Waals surface area (Å²) in [6, 6.07) is 5.49. The molecule has 2 heterocycles. The minimum atomic E-state index is -0.517. The van der Waals surface area contributed by atoms with Crippen molar-refractivity contribution in [3.05, 3.63) is 35.6 Å². The van der Waals surface area contributed by atoms with Gasteiger partial charge >= 0.3 is 0 Å². The molecule has 7 heteroatoms. The van der Waals surface area contributed by atoms with E-state index in [1.807, 2.05) is 0 Å². The third-order valence-electron chi connectivity index (χ3n) is 5.31. The van der Waals surface area contributed by atoms with Gasteiger partial charge in [0.2, 0.25) is 5.91 Å². The van der Waals surface area contributed by atoms with Crippen LogP contribution in [0, 0.1) is 11.7 Å². The number of nitrogens with two attached hydrogens (primary N) is 1. The standard InChI is InChI=1S/C19H26FN3O3/c20-16-4-2-1-3-15(16)19(25)23-9-5-14(6-10-23)22-18(24)17(21)13-7-11-26-12-8-13/h1-4,13-14,17H,5-12,21H2,(H,22,24). The molecule has 0 aromatic heterocycles. The summed E-state index contributed by atoms with van der Waals surface area (Å²) < 4.78 is 19.1. The lowest BCUT2D eigenvalue weighted by Gasteiger charge is -2.34. The molecule has 2 aliphatic heterocycles. The Morgan fingerprint density at radius 1 is 1.15 bits per heavy atom. The summed E-state index contributed by atoms with van der Waals surface area (Å²) in [5.74, 6) is -0.774. The smallest absolute Gasteiger partial charge is 0.256 e. The molecule has 2 saturated heterocycles. The van der Waals surface area contributed by atoms with Gasteiger partial charge < -0.3 is 20.7 Å². The molecule has 0 bridgehead atoms. The van der Waals surface area contributed by atoms with E-state index in [4.69, 9.17) is 10.5 Å². The number of likely N-dealkylation sites (tertiary alicyclic amines) is 1. The highest BCUT2D eigenvalue weighted by Gasteiger charge is 2.30. The Balaban J connectivity index is 1.48. The maximum absolute atomic E-state index is 13.8. The van der Waals surface area contributed by atoms with Gasteiger partial charge in [-0.25, -0.2) is 4.39 Å². The van der Waals surface area contributed by atoms with Gasteiger partial charge in [0.25, 0.3) is 5.91 Å².